The number of rotatable bonds is 15. The molecule has 0 spiro atoms. The van der Waals surface area contributed by atoms with Gasteiger partial charge in [0, 0.05) is 0 Å². The number of hydrogen-bond donors (Lipinski definition) is 0. The predicted octanol–water partition coefficient (Wildman–Crippen LogP) is 8.21. The first kappa shape index (κ1) is 26.3. The summed E-state index contributed by atoms with van der Waals surface area (Å²) in [6, 6.07) is 13.3. The normalized spacial score (nSPS) is 13.9. The van der Waals surface area contributed by atoms with Crippen molar-refractivity contribution in [3.8, 4) is 0 Å². The second-order valence-corrected chi connectivity index (χ2v) is 16.6. The molecule has 0 N–H and O–H groups in total. The van der Waals surface area contributed by atoms with Gasteiger partial charge in [-0.1, -0.05) is 0 Å². The number of fused-ring (bicyclic) bond motifs is 1. The summed E-state index contributed by atoms with van der Waals surface area (Å²) in [5.41, 5.74) is 0. The summed E-state index contributed by atoms with van der Waals surface area (Å²) in [7, 11) is -3.87. The van der Waals surface area contributed by atoms with Crippen LogP contribution in [0.2, 0.25) is 0 Å². The number of hydrogen-bond acceptors (Lipinski definition) is 3. The molecule has 0 bridgehead atoms. The molecule has 0 aliphatic carbocycles. The third-order valence-electron chi connectivity index (χ3n) is 6.64. The van der Waals surface area contributed by atoms with E-state index in [1.807, 2.05) is 36.4 Å². The minimum atomic E-state index is -3.87. The van der Waals surface area contributed by atoms with Gasteiger partial charge >= 0.3 is 191 Å². The van der Waals surface area contributed by atoms with E-state index in [-0.39, 0.29) is 0 Å². The Bertz CT molecular complexity index is 874. The van der Waals surface area contributed by atoms with Crippen molar-refractivity contribution in [3.63, 3.8) is 0 Å². The first-order valence-corrected chi connectivity index (χ1v) is 16.6. The Morgan fingerprint density at radius 1 is 0.677 bits per heavy atom. The van der Waals surface area contributed by atoms with E-state index in [1.54, 1.807) is 6.07 Å². The monoisotopic (exact) mass is 466 g/mol. The fourth-order valence-electron chi connectivity index (χ4n) is 4.78. The molecule has 0 atom stereocenters. The van der Waals surface area contributed by atoms with E-state index in [9.17, 15) is 8.42 Å². The molecule has 5 heteroatoms. The molecule has 0 saturated heterocycles. The summed E-state index contributed by atoms with van der Waals surface area (Å²) in [6.45, 7) is 5.87. The molecule has 2 aromatic carbocycles. The first-order chi connectivity index (χ1) is 14.9. The number of benzene rings is 2. The van der Waals surface area contributed by atoms with Gasteiger partial charge in [-0.3, -0.25) is 0 Å². The molecule has 0 radical (unpaired) electrons. The Morgan fingerprint density at radius 3 is 1.61 bits per heavy atom. The molecule has 2 aromatic rings. The van der Waals surface area contributed by atoms with Crippen LogP contribution in [-0.2, 0) is 14.1 Å². The standard InChI is InChI=1S/C26H43O3PS/c1-5-9-20-30(21-10-6-2,22-11-7-3,23-12-8-4)29-31(27,28)26-19-15-17-24-16-13-14-18-25(24)26/h13-19H,5-12,20-23H2,1-4H3. The van der Waals surface area contributed by atoms with E-state index < -0.39 is 16.9 Å². The van der Waals surface area contributed by atoms with Crippen molar-refractivity contribution in [3.05, 3.63) is 42.5 Å². The molecule has 31 heavy (non-hydrogen) atoms. The maximum absolute atomic E-state index is 13.9. The van der Waals surface area contributed by atoms with Crippen LogP contribution in [0.5, 0.6) is 0 Å². The maximum atomic E-state index is 13.9. The molecule has 0 aliphatic rings. The topological polar surface area (TPSA) is 43.4 Å². The Morgan fingerprint density at radius 2 is 1.13 bits per heavy atom. The zero-order valence-electron chi connectivity index (χ0n) is 20.1. The molecule has 0 aromatic heterocycles. The molecule has 3 nitrogen and oxygen atoms in total. The van der Waals surface area contributed by atoms with Gasteiger partial charge in [0.25, 0.3) is 0 Å². The van der Waals surface area contributed by atoms with Gasteiger partial charge in [-0.15, -0.1) is 0 Å². The molecule has 2 rings (SSSR count). The molecular formula is C26H43O3PS. The summed E-state index contributed by atoms with van der Waals surface area (Å²) in [4.78, 5) is 0.334. The van der Waals surface area contributed by atoms with Gasteiger partial charge in [0.2, 0.25) is 0 Å². The van der Waals surface area contributed by atoms with Crippen molar-refractivity contribution in [2.45, 2.75) is 84.0 Å². The van der Waals surface area contributed by atoms with E-state index in [1.165, 1.54) is 0 Å². The van der Waals surface area contributed by atoms with Crippen molar-refractivity contribution in [2.75, 3.05) is 24.6 Å². The molecule has 0 saturated carbocycles. The summed E-state index contributed by atoms with van der Waals surface area (Å²) < 4.78 is 34.6. The molecule has 0 amide bonds. The predicted molar refractivity (Wildman–Crippen MR) is 138 cm³/mol. The summed E-state index contributed by atoms with van der Waals surface area (Å²) in [5, 5.41) is 1.70. The summed E-state index contributed by atoms with van der Waals surface area (Å²) >= 11 is 0. The van der Waals surface area contributed by atoms with Gasteiger partial charge in [-0.2, -0.15) is 0 Å². The van der Waals surface area contributed by atoms with E-state index in [4.69, 9.17) is 3.97 Å². The fourth-order valence-corrected chi connectivity index (χ4v) is 15.0. The molecule has 176 valence electrons. The van der Waals surface area contributed by atoms with Crippen LogP contribution in [0, 0.1) is 0 Å². The fraction of sp³-hybridized carbons (Fsp3) is 0.615. The van der Waals surface area contributed by atoms with E-state index >= 15 is 0 Å². The quantitative estimate of drug-likeness (QED) is 0.248. The van der Waals surface area contributed by atoms with Crippen LogP contribution >= 0.6 is 6.83 Å². The average Bonchev–Trinajstić information content (AvgIpc) is 2.78. The van der Waals surface area contributed by atoms with Crippen molar-refractivity contribution < 1.29 is 12.4 Å². The van der Waals surface area contributed by atoms with Gasteiger partial charge in [0.1, 0.15) is 0 Å². The first-order valence-electron chi connectivity index (χ1n) is 12.3. The second kappa shape index (κ2) is 11.8. The molecular weight excluding hydrogens is 423 g/mol. The van der Waals surface area contributed by atoms with Crippen LogP contribution in [0.15, 0.2) is 47.4 Å². The molecule has 0 unspecified atom stereocenters. The molecule has 0 aliphatic heterocycles. The second-order valence-electron chi connectivity index (χ2n) is 9.17. The van der Waals surface area contributed by atoms with Crippen molar-refractivity contribution >= 4 is 27.7 Å². The summed E-state index contributed by atoms with van der Waals surface area (Å²) in [6.07, 6.45) is 12.2. The van der Waals surface area contributed by atoms with Gasteiger partial charge in [-0.25, -0.2) is 0 Å². The Kier molecular flexibility index (Phi) is 9.98. The zero-order valence-corrected chi connectivity index (χ0v) is 21.8. The average molecular weight is 467 g/mol. The minimum absolute atomic E-state index is 0.334. The van der Waals surface area contributed by atoms with E-state index in [2.05, 4.69) is 27.7 Å². The number of unbranched alkanes of at least 4 members (excludes halogenated alkanes) is 4. The third-order valence-corrected chi connectivity index (χ3v) is 15.8. The van der Waals surface area contributed by atoms with Crippen molar-refractivity contribution in [1.29, 1.82) is 0 Å². The zero-order chi connectivity index (χ0) is 22.8. The van der Waals surface area contributed by atoms with Crippen LogP contribution in [0.3, 0.4) is 0 Å². The van der Waals surface area contributed by atoms with Gasteiger partial charge in [0.05, 0.1) is 0 Å². The van der Waals surface area contributed by atoms with Gasteiger partial charge in [-0.05, 0) is 0 Å². The van der Waals surface area contributed by atoms with Crippen LogP contribution in [0.4, 0.5) is 0 Å². The van der Waals surface area contributed by atoms with Gasteiger partial charge in [0.15, 0.2) is 0 Å². The summed E-state index contributed by atoms with van der Waals surface area (Å²) in [5.74, 6) is 0. The van der Waals surface area contributed by atoms with Crippen molar-refractivity contribution in [1.82, 2.24) is 0 Å². The van der Waals surface area contributed by atoms with E-state index in [0.717, 1.165) is 86.8 Å². The Balaban J connectivity index is 2.64. The van der Waals surface area contributed by atoms with Crippen LogP contribution in [0.25, 0.3) is 10.8 Å². The third kappa shape index (κ3) is 6.53. The van der Waals surface area contributed by atoms with Crippen LogP contribution < -0.4 is 0 Å². The van der Waals surface area contributed by atoms with Crippen LogP contribution in [-0.4, -0.2) is 33.1 Å². The molecule has 0 fully saturated rings. The van der Waals surface area contributed by atoms with Crippen LogP contribution in [0.1, 0.15) is 79.1 Å². The Hall–Kier alpha value is -0.960. The SMILES string of the molecule is CCCCP(CCCC)(CCCC)(CCCC)OS(=O)(=O)c1cccc2ccccc12. The molecule has 0 heterocycles. The van der Waals surface area contributed by atoms with E-state index in [0.29, 0.717) is 4.90 Å². The van der Waals surface area contributed by atoms with Gasteiger partial charge < -0.3 is 0 Å². The Labute approximate surface area is 191 Å². The van der Waals surface area contributed by atoms with Crippen molar-refractivity contribution in [2.24, 2.45) is 0 Å².